The van der Waals surface area contributed by atoms with Crippen LogP contribution in [0.2, 0.25) is 5.02 Å². The van der Waals surface area contributed by atoms with Crippen molar-refractivity contribution in [1.29, 1.82) is 5.26 Å². The van der Waals surface area contributed by atoms with E-state index in [0.29, 0.717) is 28.1 Å². The Hall–Kier alpha value is -3.69. The zero-order chi connectivity index (χ0) is 20.1. The van der Waals surface area contributed by atoms with E-state index in [4.69, 9.17) is 16.9 Å². The highest BCUT2D eigenvalue weighted by Gasteiger charge is 2.11. The molecule has 0 heterocycles. The van der Waals surface area contributed by atoms with Gasteiger partial charge in [0.2, 0.25) is 0 Å². The molecule has 0 aliphatic carbocycles. The highest BCUT2D eigenvalue weighted by Crippen LogP contribution is 2.20. The van der Waals surface area contributed by atoms with Crippen LogP contribution in [0, 0.1) is 17.1 Å². The number of carbonyl (C=O) groups is 2. The Morgan fingerprint density at radius 3 is 1.96 bits per heavy atom. The molecule has 0 saturated heterocycles. The number of nitrogens with zero attached hydrogens (tertiary/aromatic N) is 1. The minimum absolute atomic E-state index is 0.0923. The Morgan fingerprint density at radius 2 is 1.43 bits per heavy atom. The largest absolute Gasteiger partial charge is 0.322 e. The fourth-order valence-corrected chi connectivity index (χ4v) is 2.60. The summed E-state index contributed by atoms with van der Waals surface area (Å²) in [6.45, 7) is 0. The van der Waals surface area contributed by atoms with Gasteiger partial charge in [-0.25, -0.2) is 4.39 Å². The summed E-state index contributed by atoms with van der Waals surface area (Å²) in [6.07, 6.45) is 0. The highest BCUT2D eigenvalue weighted by atomic mass is 35.5. The Bertz CT molecular complexity index is 1090. The van der Waals surface area contributed by atoms with Crippen LogP contribution >= 0.6 is 11.6 Å². The summed E-state index contributed by atoms with van der Waals surface area (Å²) in [6, 6.07) is 18.4. The van der Waals surface area contributed by atoms with Crippen molar-refractivity contribution in [2.75, 3.05) is 10.6 Å². The van der Waals surface area contributed by atoms with Crippen LogP contribution in [-0.4, -0.2) is 11.8 Å². The predicted molar refractivity (Wildman–Crippen MR) is 105 cm³/mol. The molecule has 28 heavy (non-hydrogen) atoms. The third-order valence-corrected chi connectivity index (χ3v) is 4.13. The molecular weight excluding hydrogens is 381 g/mol. The molecule has 3 aromatic rings. The van der Waals surface area contributed by atoms with E-state index in [-0.39, 0.29) is 10.9 Å². The van der Waals surface area contributed by atoms with Crippen LogP contribution in [0.25, 0.3) is 0 Å². The third-order valence-electron chi connectivity index (χ3n) is 3.84. The first-order valence-electron chi connectivity index (χ1n) is 8.14. The number of anilines is 2. The normalized spacial score (nSPS) is 10.0. The van der Waals surface area contributed by atoms with E-state index < -0.39 is 11.7 Å². The SMILES string of the molecule is N#Cc1cccc(NC(=O)c2ccc(C(=O)Nc3ccc(F)c(Cl)c3)cc2)c1. The van der Waals surface area contributed by atoms with Crippen LogP contribution in [0.3, 0.4) is 0 Å². The van der Waals surface area contributed by atoms with Crippen molar-refractivity contribution < 1.29 is 14.0 Å². The number of amides is 2. The number of nitriles is 1. The van der Waals surface area contributed by atoms with Crippen molar-refractivity contribution in [3.05, 3.63) is 94.3 Å². The molecule has 0 fully saturated rings. The van der Waals surface area contributed by atoms with Crippen LogP contribution in [0.15, 0.2) is 66.7 Å². The number of carbonyl (C=O) groups excluding carboxylic acids is 2. The van der Waals surface area contributed by atoms with Gasteiger partial charge in [0.05, 0.1) is 16.7 Å². The molecule has 0 atom stereocenters. The van der Waals surface area contributed by atoms with Crippen molar-refractivity contribution in [2.45, 2.75) is 0 Å². The standard InChI is InChI=1S/C21H13ClFN3O2/c22-18-11-17(8-9-19(18)23)26-21(28)15-6-4-14(5-7-15)20(27)25-16-3-1-2-13(10-16)12-24/h1-11H,(H,25,27)(H,26,28). The second kappa shape index (κ2) is 8.33. The van der Waals surface area contributed by atoms with Crippen LogP contribution in [-0.2, 0) is 0 Å². The molecular formula is C21H13ClFN3O2. The van der Waals surface area contributed by atoms with E-state index in [1.807, 2.05) is 6.07 Å². The topological polar surface area (TPSA) is 82.0 Å². The number of nitrogens with one attached hydrogen (secondary N) is 2. The van der Waals surface area contributed by atoms with E-state index in [1.165, 1.54) is 36.4 Å². The van der Waals surface area contributed by atoms with Crippen molar-refractivity contribution in [1.82, 2.24) is 0 Å². The molecule has 5 nitrogen and oxygen atoms in total. The van der Waals surface area contributed by atoms with Crippen molar-refractivity contribution in [2.24, 2.45) is 0 Å². The summed E-state index contributed by atoms with van der Waals surface area (Å²) in [4.78, 5) is 24.6. The fourth-order valence-electron chi connectivity index (χ4n) is 2.42. The number of benzene rings is 3. The Kier molecular flexibility index (Phi) is 5.68. The molecule has 2 N–H and O–H groups in total. The molecule has 0 saturated carbocycles. The van der Waals surface area contributed by atoms with Gasteiger partial charge in [-0.3, -0.25) is 9.59 Å². The average Bonchev–Trinajstić information content (AvgIpc) is 2.71. The van der Waals surface area contributed by atoms with Crippen LogP contribution < -0.4 is 10.6 Å². The summed E-state index contributed by atoms with van der Waals surface area (Å²) in [7, 11) is 0. The second-order valence-corrected chi connectivity index (χ2v) is 6.21. The average molecular weight is 394 g/mol. The summed E-state index contributed by atoms with van der Waals surface area (Å²) in [5, 5.41) is 14.1. The zero-order valence-corrected chi connectivity index (χ0v) is 15.1. The summed E-state index contributed by atoms with van der Waals surface area (Å²) < 4.78 is 13.2. The van der Waals surface area contributed by atoms with Gasteiger partial charge in [0.25, 0.3) is 11.8 Å². The van der Waals surface area contributed by atoms with Gasteiger partial charge in [-0.15, -0.1) is 0 Å². The van der Waals surface area contributed by atoms with E-state index in [1.54, 1.807) is 24.3 Å². The minimum atomic E-state index is -0.574. The second-order valence-electron chi connectivity index (χ2n) is 5.81. The lowest BCUT2D eigenvalue weighted by Crippen LogP contribution is -2.14. The molecule has 7 heteroatoms. The molecule has 0 aliphatic rings. The Morgan fingerprint density at radius 1 is 0.857 bits per heavy atom. The number of hydrogen-bond donors (Lipinski definition) is 2. The van der Waals surface area contributed by atoms with E-state index in [2.05, 4.69) is 10.6 Å². The van der Waals surface area contributed by atoms with E-state index in [9.17, 15) is 14.0 Å². The molecule has 0 spiro atoms. The molecule has 138 valence electrons. The van der Waals surface area contributed by atoms with Gasteiger partial charge in [-0.05, 0) is 60.7 Å². The van der Waals surface area contributed by atoms with Gasteiger partial charge in [-0.1, -0.05) is 17.7 Å². The lowest BCUT2D eigenvalue weighted by molar-refractivity contribution is 0.101. The van der Waals surface area contributed by atoms with Gasteiger partial charge >= 0.3 is 0 Å². The number of rotatable bonds is 4. The maximum Gasteiger partial charge on any atom is 0.255 e. The summed E-state index contributed by atoms with van der Waals surface area (Å²) >= 11 is 5.70. The molecule has 0 aliphatic heterocycles. The maximum atomic E-state index is 13.2. The first kappa shape index (κ1) is 19.1. The zero-order valence-electron chi connectivity index (χ0n) is 14.4. The monoisotopic (exact) mass is 393 g/mol. The van der Waals surface area contributed by atoms with Gasteiger partial charge in [-0.2, -0.15) is 5.26 Å². The molecule has 0 aromatic heterocycles. The number of halogens is 2. The fraction of sp³-hybridized carbons (Fsp3) is 0. The lowest BCUT2D eigenvalue weighted by atomic mass is 10.1. The minimum Gasteiger partial charge on any atom is -0.322 e. The molecule has 2 amide bonds. The maximum absolute atomic E-state index is 13.2. The van der Waals surface area contributed by atoms with Gasteiger partial charge in [0.1, 0.15) is 5.82 Å². The molecule has 0 radical (unpaired) electrons. The van der Waals surface area contributed by atoms with E-state index in [0.717, 1.165) is 6.07 Å². The molecule has 3 rings (SSSR count). The molecule has 0 bridgehead atoms. The summed E-state index contributed by atoms with van der Waals surface area (Å²) in [5.74, 6) is -1.36. The summed E-state index contributed by atoms with van der Waals surface area (Å²) in [5.41, 5.74) is 1.97. The first-order chi connectivity index (χ1) is 13.5. The van der Waals surface area contributed by atoms with Crippen LogP contribution in [0.4, 0.5) is 15.8 Å². The predicted octanol–water partition coefficient (Wildman–Crippen LogP) is 4.86. The van der Waals surface area contributed by atoms with Gasteiger partial charge < -0.3 is 10.6 Å². The highest BCUT2D eigenvalue weighted by molar-refractivity contribution is 6.31. The Labute approximate surface area is 165 Å². The quantitative estimate of drug-likeness (QED) is 0.664. The third kappa shape index (κ3) is 4.53. The van der Waals surface area contributed by atoms with Crippen molar-refractivity contribution >= 4 is 34.8 Å². The Balaban J connectivity index is 1.68. The van der Waals surface area contributed by atoms with Crippen LogP contribution in [0.5, 0.6) is 0 Å². The molecule has 3 aromatic carbocycles. The number of hydrogen-bond acceptors (Lipinski definition) is 3. The van der Waals surface area contributed by atoms with Crippen molar-refractivity contribution in [3.8, 4) is 6.07 Å². The van der Waals surface area contributed by atoms with Crippen molar-refractivity contribution in [3.63, 3.8) is 0 Å². The van der Waals surface area contributed by atoms with Gasteiger partial charge in [0, 0.05) is 22.5 Å². The van der Waals surface area contributed by atoms with Crippen LogP contribution in [0.1, 0.15) is 26.3 Å². The lowest BCUT2D eigenvalue weighted by Gasteiger charge is -2.08. The van der Waals surface area contributed by atoms with E-state index >= 15 is 0 Å². The smallest absolute Gasteiger partial charge is 0.255 e. The first-order valence-corrected chi connectivity index (χ1v) is 8.52. The van der Waals surface area contributed by atoms with Gasteiger partial charge in [0.15, 0.2) is 0 Å². The molecule has 0 unspecified atom stereocenters.